The van der Waals surface area contributed by atoms with Gasteiger partial charge in [0.05, 0.1) is 0 Å². The average molecular weight is 826 g/mol. The molecule has 0 aliphatic rings. The first kappa shape index (κ1) is 33.7. The Kier molecular flexibility index (Phi) is 7.39. The molecule has 278 valence electrons. The predicted molar refractivity (Wildman–Crippen MR) is 257 cm³/mol. The zero-order valence-electron chi connectivity index (χ0n) is 32.4. The molecule has 2 aromatic heterocycles. The molecule has 0 amide bonds. The molecule has 0 saturated heterocycles. The van der Waals surface area contributed by atoms with Crippen LogP contribution < -0.4 is 0 Å². The summed E-state index contributed by atoms with van der Waals surface area (Å²) < 4.78 is 9.13. The molecule has 0 bridgehead atoms. The summed E-state index contributed by atoms with van der Waals surface area (Å²) >= 11 is 0.193. The second kappa shape index (κ2) is 13.1. The molecule has 0 unspecified atom stereocenters. The average Bonchev–Trinajstić information content (AvgIpc) is 3.87. The van der Waals surface area contributed by atoms with Crippen molar-refractivity contribution in [2.45, 2.75) is 0 Å². The fourth-order valence-electron chi connectivity index (χ4n) is 10.1. The summed E-state index contributed by atoms with van der Waals surface area (Å²) in [6, 6.07) is 76.2. The standard InChI is InChI=1S/C58H34OSe/c1-2-14-35(15-3-1)55-41-17-4-6-19-43(41)58(44-20-7-5-18-42(44)55)38-26-29-40-50-33-37(28-31-53(50)60-54(40)34-38)57-47-23-10-8-21-45(47)56(46-22-9-11-24-48(46)57)36-27-30-52-49(32-36)39-16-12-13-25-51(39)59-52/h1-34H. The van der Waals surface area contributed by atoms with Crippen molar-refractivity contribution in [1.29, 1.82) is 0 Å². The van der Waals surface area contributed by atoms with Gasteiger partial charge in [-0.15, -0.1) is 0 Å². The molecular formula is C58H34OSe. The molecule has 0 saturated carbocycles. The SMILES string of the molecule is c1ccc(-c2c3ccccc3c(-c3ccc4c(c3)[se]c3ccc(-c5c6ccccc6c(-c6ccc7oc8ccccc8c7c6)c6ccccc56)cc34)c3ccccc23)cc1. The third-order valence-corrected chi connectivity index (χ3v) is 15.0. The zero-order chi connectivity index (χ0) is 39.3. The van der Waals surface area contributed by atoms with Gasteiger partial charge < -0.3 is 4.42 Å². The molecule has 60 heavy (non-hydrogen) atoms. The van der Waals surface area contributed by atoms with Crippen LogP contribution in [-0.4, -0.2) is 14.5 Å². The Bertz CT molecular complexity index is 3770. The van der Waals surface area contributed by atoms with Gasteiger partial charge in [0.15, 0.2) is 0 Å². The van der Waals surface area contributed by atoms with Crippen molar-refractivity contribution in [2.75, 3.05) is 0 Å². The van der Waals surface area contributed by atoms with Gasteiger partial charge >= 0.3 is 320 Å². The van der Waals surface area contributed by atoms with Crippen LogP contribution in [-0.2, 0) is 0 Å². The minimum atomic E-state index is 0.193. The summed E-state index contributed by atoms with van der Waals surface area (Å²) in [5.41, 5.74) is 12.0. The van der Waals surface area contributed by atoms with Gasteiger partial charge in [-0.2, -0.15) is 0 Å². The predicted octanol–water partition coefficient (Wildman–Crippen LogP) is 16.2. The monoisotopic (exact) mass is 826 g/mol. The van der Waals surface area contributed by atoms with Crippen LogP contribution in [0.1, 0.15) is 0 Å². The second-order valence-corrected chi connectivity index (χ2v) is 18.2. The summed E-state index contributed by atoms with van der Waals surface area (Å²) in [5.74, 6) is 0. The maximum absolute atomic E-state index is 6.24. The van der Waals surface area contributed by atoms with E-state index >= 15 is 0 Å². The van der Waals surface area contributed by atoms with Gasteiger partial charge in [0.2, 0.25) is 0 Å². The van der Waals surface area contributed by atoms with Crippen molar-refractivity contribution in [3.63, 3.8) is 0 Å². The van der Waals surface area contributed by atoms with Crippen molar-refractivity contribution < 1.29 is 4.42 Å². The van der Waals surface area contributed by atoms with E-state index in [9.17, 15) is 0 Å². The topological polar surface area (TPSA) is 13.1 Å². The van der Waals surface area contributed by atoms with Crippen LogP contribution in [0.15, 0.2) is 211 Å². The normalized spacial score (nSPS) is 12.0. The summed E-state index contributed by atoms with van der Waals surface area (Å²) in [5, 5.41) is 15.2. The van der Waals surface area contributed by atoms with Gasteiger partial charge in [0, 0.05) is 0 Å². The number of furan rings is 1. The van der Waals surface area contributed by atoms with Crippen molar-refractivity contribution >= 4 is 98.8 Å². The van der Waals surface area contributed by atoms with E-state index in [1.54, 1.807) is 0 Å². The van der Waals surface area contributed by atoms with Crippen LogP contribution in [0.25, 0.3) is 129 Å². The van der Waals surface area contributed by atoms with Gasteiger partial charge in [-0.05, 0) is 6.07 Å². The fourth-order valence-corrected chi connectivity index (χ4v) is 12.4. The van der Waals surface area contributed by atoms with Crippen LogP contribution in [0, 0.1) is 0 Å². The Hall–Kier alpha value is -7.22. The van der Waals surface area contributed by atoms with Gasteiger partial charge in [0.1, 0.15) is 5.58 Å². The van der Waals surface area contributed by atoms with Crippen molar-refractivity contribution in [2.24, 2.45) is 0 Å². The van der Waals surface area contributed by atoms with E-state index in [1.165, 1.54) is 107 Å². The number of hydrogen-bond acceptors (Lipinski definition) is 1. The first-order chi connectivity index (χ1) is 29.8. The molecule has 2 heteroatoms. The van der Waals surface area contributed by atoms with E-state index in [2.05, 4.69) is 200 Å². The molecule has 0 spiro atoms. The van der Waals surface area contributed by atoms with Gasteiger partial charge in [0.25, 0.3) is 0 Å². The number of fused-ring (bicyclic) bond motifs is 10. The van der Waals surface area contributed by atoms with E-state index in [4.69, 9.17) is 4.42 Å². The third-order valence-electron chi connectivity index (χ3n) is 12.6. The minimum absolute atomic E-state index is 0.193. The first-order valence-corrected chi connectivity index (χ1v) is 22.3. The molecule has 13 aromatic rings. The number of rotatable bonds is 4. The Morgan fingerprint density at radius 2 is 0.633 bits per heavy atom. The van der Waals surface area contributed by atoms with Crippen LogP contribution in [0.5, 0.6) is 0 Å². The molecule has 2 heterocycles. The third kappa shape index (κ3) is 4.99. The quantitative estimate of drug-likeness (QED) is 0.127. The molecule has 0 fully saturated rings. The van der Waals surface area contributed by atoms with Crippen LogP contribution in [0.2, 0.25) is 0 Å². The van der Waals surface area contributed by atoms with Crippen LogP contribution >= 0.6 is 0 Å². The fraction of sp³-hybridized carbons (Fsp3) is 0. The van der Waals surface area contributed by atoms with E-state index in [0.717, 1.165) is 21.9 Å². The number of hydrogen-bond donors (Lipinski definition) is 0. The van der Waals surface area contributed by atoms with Crippen molar-refractivity contribution in [3.8, 4) is 44.5 Å². The molecule has 13 rings (SSSR count). The van der Waals surface area contributed by atoms with Gasteiger partial charge in [-0.1, -0.05) is 18.2 Å². The van der Waals surface area contributed by atoms with Crippen LogP contribution in [0.4, 0.5) is 0 Å². The van der Waals surface area contributed by atoms with Gasteiger partial charge in [-0.25, -0.2) is 0 Å². The zero-order valence-corrected chi connectivity index (χ0v) is 34.2. The molecule has 0 radical (unpaired) electrons. The molecule has 11 aromatic carbocycles. The number of para-hydroxylation sites is 1. The van der Waals surface area contributed by atoms with Crippen molar-refractivity contribution in [1.82, 2.24) is 0 Å². The summed E-state index contributed by atoms with van der Waals surface area (Å²) in [7, 11) is 0. The molecule has 0 N–H and O–H groups in total. The van der Waals surface area contributed by atoms with E-state index in [-0.39, 0.29) is 14.5 Å². The Morgan fingerprint density at radius 3 is 1.18 bits per heavy atom. The van der Waals surface area contributed by atoms with Crippen molar-refractivity contribution in [3.05, 3.63) is 206 Å². The maximum atomic E-state index is 6.24. The summed E-state index contributed by atoms with van der Waals surface area (Å²) in [6.45, 7) is 0. The van der Waals surface area contributed by atoms with E-state index in [1.807, 2.05) is 6.07 Å². The van der Waals surface area contributed by atoms with E-state index in [0.29, 0.717) is 0 Å². The molecular weight excluding hydrogens is 792 g/mol. The molecule has 0 atom stereocenters. The molecule has 0 aliphatic carbocycles. The van der Waals surface area contributed by atoms with Gasteiger partial charge in [-0.3, -0.25) is 0 Å². The summed E-state index contributed by atoms with van der Waals surface area (Å²) in [6.07, 6.45) is 0. The Balaban J connectivity index is 1.00. The first-order valence-electron chi connectivity index (χ1n) is 20.6. The molecule has 0 aliphatic heterocycles. The Morgan fingerprint density at radius 1 is 0.233 bits per heavy atom. The summed E-state index contributed by atoms with van der Waals surface area (Å²) in [4.78, 5) is 0. The molecule has 1 nitrogen and oxygen atoms in total. The van der Waals surface area contributed by atoms with E-state index < -0.39 is 0 Å². The number of benzene rings is 11. The Labute approximate surface area is 352 Å². The second-order valence-electron chi connectivity index (χ2n) is 15.9. The van der Waals surface area contributed by atoms with Crippen LogP contribution in [0.3, 0.4) is 0 Å².